The summed E-state index contributed by atoms with van der Waals surface area (Å²) in [5, 5.41) is 5.43. The zero-order chi connectivity index (χ0) is 21.7. The third-order valence-electron chi connectivity index (χ3n) is 4.50. The Morgan fingerprint density at radius 2 is 1.77 bits per heavy atom. The SMILES string of the molecule is Cc1ccc2nc(C)cc(C(=O)OC(C)C(=O)NC(=O)NCc3ccccc3)c2c1. The van der Waals surface area contributed by atoms with Crippen molar-refractivity contribution in [1.29, 1.82) is 0 Å². The third-order valence-corrected chi connectivity index (χ3v) is 4.50. The van der Waals surface area contributed by atoms with Gasteiger partial charge >= 0.3 is 12.0 Å². The van der Waals surface area contributed by atoms with Crippen LogP contribution in [0.4, 0.5) is 4.79 Å². The molecule has 0 aliphatic rings. The van der Waals surface area contributed by atoms with Crippen molar-refractivity contribution in [2.24, 2.45) is 0 Å². The van der Waals surface area contributed by atoms with E-state index in [1.807, 2.05) is 55.5 Å². The molecule has 154 valence electrons. The van der Waals surface area contributed by atoms with Crippen molar-refractivity contribution in [3.05, 3.63) is 77.0 Å². The van der Waals surface area contributed by atoms with Crippen LogP contribution < -0.4 is 10.6 Å². The largest absolute Gasteiger partial charge is 0.449 e. The van der Waals surface area contributed by atoms with E-state index in [0.717, 1.165) is 11.1 Å². The Bertz CT molecular complexity index is 1100. The number of amides is 3. The number of pyridine rings is 1. The fourth-order valence-electron chi connectivity index (χ4n) is 2.95. The van der Waals surface area contributed by atoms with Gasteiger partial charge in [0.25, 0.3) is 5.91 Å². The van der Waals surface area contributed by atoms with Crippen molar-refractivity contribution in [3.8, 4) is 0 Å². The molecule has 2 aromatic carbocycles. The van der Waals surface area contributed by atoms with Crippen LogP contribution >= 0.6 is 0 Å². The topological polar surface area (TPSA) is 97.4 Å². The van der Waals surface area contributed by atoms with Gasteiger partial charge in [-0.1, -0.05) is 42.0 Å². The van der Waals surface area contributed by atoms with Crippen LogP contribution in [0.1, 0.15) is 34.1 Å². The summed E-state index contributed by atoms with van der Waals surface area (Å²) in [6.45, 7) is 5.39. The summed E-state index contributed by atoms with van der Waals surface area (Å²) in [7, 11) is 0. The number of rotatable bonds is 5. The lowest BCUT2D eigenvalue weighted by molar-refractivity contribution is -0.127. The van der Waals surface area contributed by atoms with Crippen molar-refractivity contribution >= 4 is 28.8 Å². The lowest BCUT2D eigenvalue weighted by atomic mass is 10.1. The molecule has 7 nitrogen and oxygen atoms in total. The molecule has 0 radical (unpaired) electrons. The predicted molar refractivity (Wildman–Crippen MR) is 113 cm³/mol. The van der Waals surface area contributed by atoms with Crippen LogP contribution in [0.25, 0.3) is 10.9 Å². The van der Waals surface area contributed by atoms with Gasteiger partial charge in [-0.05, 0) is 44.5 Å². The number of hydrogen-bond acceptors (Lipinski definition) is 5. The number of carbonyl (C=O) groups is 3. The average molecular weight is 405 g/mol. The van der Waals surface area contributed by atoms with Gasteiger partial charge < -0.3 is 10.1 Å². The highest BCUT2D eigenvalue weighted by molar-refractivity contribution is 6.05. The molecule has 3 aromatic rings. The predicted octanol–water partition coefficient (Wildman–Crippen LogP) is 3.42. The Kier molecular flexibility index (Phi) is 6.41. The Hall–Kier alpha value is -3.74. The molecule has 0 saturated carbocycles. The fraction of sp³-hybridized carbons (Fsp3) is 0.217. The van der Waals surface area contributed by atoms with Crippen molar-refractivity contribution in [2.75, 3.05) is 0 Å². The van der Waals surface area contributed by atoms with E-state index < -0.39 is 24.0 Å². The molecule has 0 spiro atoms. The molecule has 0 saturated heterocycles. The molecule has 1 aromatic heterocycles. The minimum atomic E-state index is -1.15. The molecule has 30 heavy (non-hydrogen) atoms. The van der Waals surface area contributed by atoms with Crippen LogP contribution in [0.3, 0.4) is 0 Å². The highest BCUT2D eigenvalue weighted by Gasteiger charge is 2.22. The van der Waals surface area contributed by atoms with E-state index >= 15 is 0 Å². The summed E-state index contributed by atoms with van der Waals surface area (Å²) in [4.78, 5) is 41.3. The number of carbonyl (C=O) groups excluding carboxylic acids is 3. The summed E-state index contributed by atoms with van der Waals surface area (Å²) >= 11 is 0. The monoisotopic (exact) mass is 405 g/mol. The number of benzene rings is 2. The van der Waals surface area contributed by atoms with E-state index in [0.29, 0.717) is 22.2 Å². The molecule has 3 rings (SSSR count). The highest BCUT2D eigenvalue weighted by atomic mass is 16.5. The van der Waals surface area contributed by atoms with E-state index in [1.165, 1.54) is 6.92 Å². The Balaban J connectivity index is 1.62. The Morgan fingerprint density at radius 1 is 1.03 bits per heavy atom. The molecule has 0 aliphatic heterocycles. The van der Waals surface area contributed by atoms with Gasteiger partial charge in [0.05, 0.1) is 11.1 Å². The summed E-state index contributed by atoms with van der Waals surface area (Å²) in [6.07, 6.45) is -1.15. The first-order valence-corrected chi connectivity index (χ1v) is 9.55. The maximum atomic E-state index is 12.7. The van der Waals surface area contributed by atoms with E-state index in [2.05, 4.69) is 15.6 Å². The first kappa shape index (κ1) is 21.0. The van der Waals surface area contributed by atoms with E-state index in [4.69, 9.17) is 4.74 Å². The average Bonchev–Trinajstić information content (AvgIpc) is 2.72. The van der Waals surface area contributed by atoms with Crippen LogP contribution in [0.2, 0.25) is 0 Å². The summed E-state index contributed by atoms with van der Waals surface area (Å²) in [5.74, 6) is -1.36. The molecular formula is C23H23N3O4. The Labute approximate surface area is 174 Å². The van der Waals surface area contributed by atoms with Crippen LogP contribution in [0, 0.1) is 13.8 Å². The molecule has 2 N–H and O–H groups in total. The second-order valence-corrected chi connectivity index (χ2v) is 7.04. The van der Waals surface area contributed by atoms with Gasteiger partial charge in [-0.15, -0.1) is 0 Å². The van der Waals surface area contributed by atoms with E-state index in [9.17, 15) is 14.4 Å². The van der Waals surface area contributed by atoms with Crippen LogP contribution in [-0.2, 0) is 16.1 Å². The molecule has 0 aliphatic carbocycles. The van der Waals surface area contributed by atoms with E-state index in [-0.39, 0.29) is 6.54 Å². The first-order chi connectivity index (χ1) is 14.3. The van der Waals surface area contributed by atoms with Crippen molar-refractivity contribution in [3.63, 3.8) is 0 Å². The van der Waals surface area contributed by atoms with E-state index in [1.54, 1.807) is 13.0 Å². The zero-order valence-electron chi connectivity index (χ0n) is 17.1. The van der Waals surface area contributed by atoms with Crippen LogP contribution in [0.5, 0.6) is 0 Å². The van der Waals surface area contributed by atoms with Crippen molar-refractivity contribution < 1.29 is 19.1 Å². The minimum absolute atomic E-state index is 0.274. The van der Waals surface area contributed by atoms with Gasteiger partial charge in [0.15, 0.2) is 6.10 Å². The van der Waals surface area contributed by atoms with Gasteiger partial charge in [0.1, 0.15) is 0 Å². The molecule has 1 unspecified atom stereocenters. The van der Waals surface area contributed by atoms with Gasteiger partial charge in [-0.3, -0.25) is 15.1 Å². The lowest BCUT2D eigenvalue weighted by Gasteiger charge is -2.15. The Morgan fingerprint density at radius 3 is 2.50 bits per heavy atom. The van der Waals surface area contributed by atoms with Gasteiger partial charge in [0, 0.05) is 17.6 Å². The van der Waals surface area contributed by atoms with Gasteiger partial charge in [-0.25, -0.2) is 9.59 Å². The first-order valence-electron chi connectivity index (χ1n) is 9.55. The molecule has 0 bridgehead atoms. The molecule has 7 heteroatoms. The smallest absolute Gasteiger partial charge is 0.339 e. The second-order valence-electron chi connectivity index (χ2n) is 7.04. The fourth-order valence-corrected chi connectivity index (χ4v) is 2.95. The number of fused-ring (bicyclic) bond motifs is 1. The van der Waals surface area contributed by atoms with Crippen molar-refractivity contribution in [2.45, 2.75) is 33.4 Å². The summed E-state index contributed by atoms with van der Waals surface area (Å²) in [6, 6.07) is 15.9. The second kappa shape index (κ2) is 9.17. The molecular weight excluding hydrogens is 382 g/mol. The van der Waals surface area contributed by atoms with Crippen LogP contribution in [-0.4, -0.2) is 29.0 Å². The number of esters is 1. The molecule has 0 fully saturated rings. The number of nitrogens with zero attached hydrogens (tertiary/aromatic N) is 1. The highest BCUT2D eigenvalue weighted by Crippen LogP contribution is 2.21. The third kappa shape index (κ3) is 5.20. The van der Waals surface area contributed by atoms with Crippen molar-refractivity contribution in [1.82, 2.24) is 15.6 Å². The molecule has 1 heterocycles. The number of aromatic nitrogens is 1. The number of hydrogen-bond donors (Lipinski definition) is 2. The zero-order valence-corrected chi connectivity index (χ0v) is 17.1. The number of nitrogens with one attached hydrogen (secondary N) is 2. The normalized spacial score (nSPS) is 11.6. The number of urea groups is 1. The quantitative estimate of drug-likeness (QED) is 0.634. The standard InChI is InChI=1S/C23H23N3O4/c1-14-9-10-20-18(11-14)19(12-15(2)25-20)22(28)30-16(3)21(27)26-23(29)24-13-17-7-5-4-6-8-17/h4-12,16H,13H2,1-3H3,(H2,24,26,27,29). The minimum Gasteiger partial charge on any atom is -0.449 e. The molecule has 1 atom stereocenters. The maximum Gasteiger partial charge on any atom is 0.339 e. The maximum absolute atomic E-state index is 12.7. The number of imide groups is 1. The summed E-state index contributed by atoms with van der Waals surface area (Å²) in [5.41, 5.74) is 3.54. The van der Waals surface area contributed by atoms with Gasteiger partial charge in [0.2, 0.25) is 0 Å². The number of aryl methyl sites for hydroxylation is 2. The van der Waals surface area contributed by atoms with Crippen LogP contribution in [0.15, 0.2) is 54.6 Å². The van der Waals surface area contributed by atoms with Gasteiger partial charge in [-0.2, -0.15) is 0 Å². The molecule has 3 amide bonds. The lowest BCUT2D eigenvalue weighted by Crippen LogP contribution is -2.44. The summed E-state index contributed by atoms with van der Waals surface area (Å²) < 4.78 is 5.31. The number of ether oxygens (including phenoxy) is 1.